The van der Waals surface area contributed by atoms with Crippen LogP contribution in [0, 0.1) is 5.92 Å². The lowest BCUT2D eigenvalue weighted by Gasteiger charge is -2.42. The van der Waals surface area contributed by atoms with Gasteiger partial charge in [-0.15, -0.1) is 11.3 Å². The quantitative estimate of drug-likeness (QED) is 0.909. The van der Waals surface area contributed by atoms with Crippen molar-refractivity contribution in [1.82, 2.24) is 14.8 Å². The molecule has 1 aromatic heterocycles. The molecule has 2 aliphatic heterocycles. The van der Waals surface area contributed by atoms with Gasteiger partial charge in [0.1, 0.15) is 0 Å². The first-order valence-electron chi connectivity index (χ1n) is 8.40. The number of aliphatic hydroxyl groups is 1. The molecule has 0 unspecified atom stereocenters. The number of aromatic nitrogens is 1. The van der Waals surface area contributed by atoms with E-state index in [0.29, 0.717) is 6.04 Å². The zero-order valence-corrected chi connectivity index (χ0v) is 14.6. The minimum absolute atomic E-state index is 0.0490. The average Bonchev–Trinajstić information content (AvgIpc) is 3.04. The second kappa shape index (κ2) is 7.25. The van der Waals surface area contributed by atoms with E-state index in [0.717, 1.165) is 29.8 Å². The summed E-state index contributed by atoms with van der Waals surface area (Å²) in [6.45, 7) is 9.49. The van der Waals surface area contributed by atoms with Crippen LogP contribution in [0.3, 0.4) is 0 Å². The second-order valence-corrected chi connectivity index (χ2v) is 7.52. The lowest BCUT2D eigenvalue weighted by atomic mass is 9.89. The van der Waals surface area contributed by atoms with Crippen molar-refractivity contribution >= 4 is 16.5 Å². The van der Waals surface area contributed by atoms with Crippen LogP contribution in [0.4, 0.5) is 5.13 Å². The normalized spacial score (nSPS) is 23.9. The van der Waals surface area contributed by atoms with Gasteiger partial charge in [0.25, 0.3) is 0 Å². The lowest BCUT2D eigenvalue weighted by molar-refractivity contribution is 0.0814. The third kappa shape index (κ3) is 3.62. The molecule has 0 aliphatic carbocycles. The Morgan fingerprint density at radius 1 is 1.23 bits per heavy atom. The maximum atomic E-state index is 9.14. The Morgan fingerprint density at radius 3 is 2.50 bits per heavy atom. The summed E-state index contributed by atoms with van der Waals surface area (Å²) in [6.07, 6.45) is 2.50. The van der Waals surface area contributed by atoms with Crippen LogP contribution in [0.1, 0.15) is 25.5 Å². The molecule has 124 valence electrons. The van der Waals surface area contributed by atoms with Crippen LogP contribution in [-0.2, 0) is 6.61 Å². The number of thiazole rings is 1. The van der Waals surface area contributed by atoms with Gasteiger partial charge < -0.3 is 14.9 Å². The van der Waals surface area contributed by atoms with Crippen LogP contribution in [0.25, 0.3) is 0 Å². The Morgan fingerprint density at radius 2 is 1.91 bits per heavy atom. The molecule has 2 aliphatic rings. The zero-order chi connectivity index (χ0) is 15.5. The summed E-state index contributed by atoms with van der Waals surface area (Å²) in [5, 5.41) is 12.2. The van der Waals surface area contributed by atoms with Crippen molar-refractivity contribution in [2.45, 2.75) is 32.4 Å². The molecular formula is C16H28N4OS. The Bertz CT molecular complexity index is 464. The van der Waals surface area contributed by atoms with Gasteiger partial charge in [0.05, 0.1) is 12.3 Å². The Balaban J connectivity index is 1.50. The van der Waals surface area contributed by atoms with Crippen molar-refractivity contribution in [3.63, 3.8) is 0 Å². The Hall–Kier alpha value is -0.690. The number of rotatable bonds is 4. The highest BCUT2D eigenvalue weighted by molar-refractivity contribution is 7.13. The van der Waals surface area contributed by atoms with E-state index in [2.05, 4.69) is 33.7 Å². The first kappa shape index (κ1) is 16.2. The molecule has 0 amide bonds. The van der Waals surface area contributed by atoms with Gasteiger partial charge in [-0.05, 0) is 32.7 Å². The molecule has 22 heavy (non-hydrogen) atoms. The van der Waals surface area contributed by atoms with E-state index in [-0.39, 0.29) is 6.61 Å². The summed E-state index contributed by atoms with van der Waals surface area (Å²) in [7, 11) is 2.22. The fourth-order valence-electron chi connectivity index (χ4n) is 3.61. The number of nitrogens with zero attached hydrogens (tertiary/aromatic N) is 4. The molecule has 1 aromatic rings. The van der Waals surface area contributed by atoms with Gasteiger partial charge in [0.15, 0.2) is 5.13 Å². The number of hydrogen-bond donors (Lipinski definition) is 1. The topological polar surface area (TPSA) is 42.8 Å². The summed E-state index contributed by atoms with van der Waals surface area (Å²) in [5.41, 5.74) is 0.799. The van der Waals surface area contributed by atoms with E-state index in [4.69, 9.17) is 5.11 Å². The van der Waals surface area contributed by atoms with Gasteiger partial charge in [0, 0.05) is 50.7 Å². The van der Waals surface area contributed by atoms with Crippen LogP contribution < -0.4 is 4.90 Å². The van der Waals surface area contributed by atoms with Crippen molar-refractivity contribution in [3.8, 4) is 0 Å². The van der Waals surface area contributed by atoms with E-state index in [1.165, 1.54) is 39.0 Å². The van der Waals surface area contributed by atoms with Gasteiger partial charge in [0.2, 0.25) is 0 Å². The molecule has 5 nitrogen and oxygen atoms in total. The third-order valence-corrected chi connectivity index (χ3v) is 6.26. The number of likely N-dealkylation sites (N-methyl/N-ethyl adjacent to an activating group) is 1. The average molecular weight is 324 g/mol. The number of anilines is 1. The van der Waals surface area contributed by atoms with Gasteiger partial charge in [-0.25, -0.2) is 4.98 Å². The predicted molar refractivity (Wildman–Crippen MR) is 91.5 cm³/mol. The van der Waals surface area contributed by atoms with E-state index in [1.54, 1.807) is 11.3 Å². The van der Waals surface area contributed by atoms with Crippen molar-refractivity contribution in [1.29, 1.82) is 0 Å². The molecule has 0 saturated carbocycles. The van der Waals surface area contributed by atoms with Gasteiger partial charge in [-0.1, -0.05) is 0 Å². The summed E-state index contributed by atoms with van der Waals surface area (Å²) in [4.78, 5) is 12.0. The molecule has 6 heteroatoms. The molecule has 1 atom stereocenters. The maximum absolute atomic E-state index is 9.14. The molecule has 1 N–H and O–H groups in total. The number of piperidine rings is 1. The van der Waals surface area contributed by atoms with Crippen LogP contribution in [0.5, 0.6) is 0 Å². The van der Waals surface area contributed by atoms with E-state index in [9.17, 15) is 0 Å². The predicted octanol–water partition coefficient (Wildman–Crippen LogP) is 1.49. The first-order chi connectivity index (χ1) is 10.7. The number of hydrogen-bond acceptors (Lipinski definition) is 6. The zero-order valence-electron chi connectivity index (χ0n) is 13.7. The van der Waals surface area contributed by atoms with Crippen molar-refractivity contribution in [2.75, 3.05) is 51.2 Å². The van der Waals surface area contributed by atoms with E-state index < -0.39 is 0 Å². The molecule has 0 radical (unpaired) electrons. The highest BCUT2D eigenvalue weighted by Gasteiger charge is 2.29. The molecular weight excluding hydrogens is 296 g/mol. The summed E-state index contributed by atoms with van der Waals surface area (Å²) in [6, 6.07) is 0.695. The second-order valence-electron chi connectivity index (χ2n) is 6.68. The van der Waals surface area contributed by atoms with Crippen LogP contribution in [0.15, 0.2) is 5.38 Å². The van der Waals surface area contributed by atoms with Crippen LogP contribution >= 0.6 is 11.3 Å². The number of aliphatic hydroxyl groups excluding tert-OH is 1. The van der Waals surface area contributed by atoms with Crippen molar-refractivity contribution in [2.24, 2.45) is 5.92 Å². The van der Waals surface area contributed by atoms with Gasteiger partial charge in [-0.3, -0.25) is 4.90 Å². The van der Waals surface area contributed by atoms with Gasteiger partial charge in [-0.2, -0.15) is 0 Å². The third-order valence-electron chi connectivity index (χ3n) is 5.31. The summed E-state index contributed by atoms with van der Waals surface area (Å²) >= 11 is 1.66. The van der Waals surface area contributed by atoms with Crippen LogP contribution in [0.2, 0.25) is 0 Å². The van der Waals surface area contributed by atoms with E-state index in [1.807, 2.05) is 5.38 Å². The fraction of sp³-hybridized carbons (Fsp3) is 0.812. The minimum Gasteiger partial charge on any atom is -0.390 e. The lowest BCUT2D eigenvalue weighted by Crippen LogP contribution is -2.51. The Kier molecular flexibility index (Phi) is 5.33. The standard InChI is InChI=1S/C16H28N4OS/c1-13(19-9-7-18(2)8-10-19)14-3-5-20(6-4-14)16-17-15(11-21)12-22-16/h12-14,21H,3-11H2,1-2H3/t13-/m0/s1. The molecule has 3 rings (SSSR count). The highest BCUT2D eigenvalue weighted by Crippen LogP contribution is 2.29. The maximum Gasteiger partial charge on any atom is 0.185 e. The van der Waals surface area contributed by atoms with E-state index >= 15 is 0 Å². The molecule has 0 spiro atoms. The molecule has 0 bridgehead atoms. The molecule has 3 heterocycles. The van der Waals surface area contributed by atoms with Crippen molar-refractivity contribution in [3.05, 3.63) is 11.1 Å². The highest BCUT2D eigenvalue weighted by atomic mass is 32.1. The monoisotopic (exact) mass is 324 g/mol. The first-order valence-corrected chi connectivity index (χ1v) is 9.28. The summed E-state index contributed by atoms with van der Waals surface area (Å²) < 4.78 is 0. The van der Waals surface area contributed by atoms with Gasteiger partial charge >= 0.3 is 0 Å². The molecule has 2 fully saturated rings. The minimum atomic E-state index is 0.0490. The molecule has 2 saturated heterocycles. The summed E-state index contributed by atoms with van der Waals surface area (Å²) in [5.74, 6) is 0.803. The fourth-order valence-corrected chi connectivity index (χ4v) is 4.48. The molecule has 0 aromatic carbocycles. The smallest absolute Gasteiger partial charge is 0.185 e. The number of piperazine rings is 1. The largest absolute Gasteiger partial charge is 0.390 e. The Labute approximate surface area is 137 Å². The SMILES string of the molecule is C[C@@H](C1CCN(c2nc(CO)cs2)CC1)N1CCN(C)CC1. The van der Waals surface area contributed by atoms with Crippen LogP contribution in [-0.4, -0.2) is 72.2 Å². The van der Waals surface area contributed by atoms with Crippen molar-refractivity contribution < 1.29 is 5.11 Å².